The normalized spacial score (nSPS) is 11.6. The van der Waals surface area contributed by atoms with Crippen LogP contribution in [0.5, 0.6) is 5.75 Å². The molecule has 3 aromatic carbocycles. The van der Waals surface area contributed by atoms with Gasteiger partial charge in [0, 0.05) is 18.3 Å². The van der Waals surface area contributed by atoms with Gasteiger partial charge in [-0.05, 0) is 91.8 Å². The number of nitriles is 1. The maximum Gasteiger partial charge on any atom is 0.338 e. The summed E-state index contributed by atoms with van der Waals surface area (Å²) in [5, 5.41) is 8.90. The molecule has 0 saturated carbocycles. The lowest BCUT2D eigenvalue weighted by Crippen LogP contribution is -2.35. The molecule has 3 aromatic rings. The maximum absolute atomic E-state index is 13.1. The Bertz CT molecular complexity index is 1780. The highest BCUT2D eigenvalue weighted by Crippen LogP contribution is 2.31. The van der Waals surface area contributed by atoms with E-state index in [1.165, 1.54) is 18.2 Å². The van der Waals surface area contributed by atoms with Crippen molar-refractivity contribution in [3.63, 3.8) is 0 Å². The molecule has 11 heteroatoms. The van der Waals surface area contributed by atoms with E-state index in [2.05, 4.69) is 9.98 Å². The summed E-state index contributed by atoms with van der Waals surface area (Å²) in [5.41, 5.74) is 3.39. The summed E-state index contributed by atoms with van der Waals surface area (Å²) < 4.78 is 16.4. The van der Waals surface area contributed by atoms with Crippen LogP contribution in [0.25, 0.3) is 0 Å². The number of rotatable bonds is 16. The zero-order valence-electron chi connectivity index (χ0n) is 26.8. The van der Waals surface area contributed by atoms with Crippen LogP contribution in [-0.2, 0) is 41.5 Å². The molecule has 0 fully saturated rings. The maximum atomic E-state index is 13.1. The van der Waals surface area contributed by atoms with Crippen molar-refractivity contribution in [2.24, 2.45) is 15.4 Å². The molecule has 1 unspecified atom stereocenters. The average Bonchev–Trinajstić information content (AvgIpc) is 3.04. The van der Waals surface area contributed by atoms with Crippen molar-refractivity contribution in [2.45, 2.75) is 59.8 Å². The first-order chi connectivity index (χ1) is 22.5. The Kier molecular flexibility index (Phi) is 13.0. The molecule has 0 aliphatic carbocycles. The lowest BCUT2D eigenvalue weighted by molar-refractivity contribution is -0.148. The van der Waals surface area contributed by atoms with Gasteiger partial charge < -0.3 is 14.2 Å². The van der Waals surface area contributed by atoms with E-state index in [1.807, 2.05) is 6.92 Å². The number of nitrogens with zero attached hydrogens (tertiary/aromatic N) is 3. The third-order valence-corrected chi connectivity index (χ3v) is 7.80. The third kappa shape index (κ3) is 10.7. The number of isocyanates is 2. The predicted molar refractivity (Wildman–Crippen MR) is 171 cm³/mol. The van der Waals surface area contributed by atoms with Crippen LogP contribution in [0.15, 0.2) is 64.6 Å². The quantitative estimate of drug-likeness (QED) is 0.0755. The van der Waals surface area contributed by atoms with Gasteiger partial charge in [-0.1, -0.05) is 31.2 Å². The Balaban J connectivity index is 1.78. The van der Waals surface area contributed by atoms with Crippen LogP contribution in [-0.4, -0.2) is 43.1 Å². The molecule has 11 nitrogen and oxygen atoms in total. The van der Waals surface area contributed by atoms with Gasteiger partial charge in [-0.3, -0.25) is 9.59 Å². The van der Waals surface area contributed by atoms with Gasteiger partial charge >= 0.3 is 11.9 Å². The van der Waals surface area contributed by atoms with E-state index in [9.17, 15) is 24.0 Å². The number of esters is 2. The van der Waals surface area contributed by atoms with Crippen LogP contribution >= 0.6 is 0 Å². The molecule has 0 N–H and O–H groups in total. The molecular formula is C36H35N3O8. The second-order valence-corrected chi connectivity index (χ2v) is 11.4. The fourth-order valence-corrected chi connectivity index (χ4v) is 4.89. The Morgan fingerprint density at radius 2 is 1.51 bits per heavy atom. The van der Waals surface area contributed by atoms with Gasteiger partial charge in [-0.15, -0.1) is 5.26 Å². The summed E-state index contributed by atoms with van der Waals surface area (Å²) in [6.45, 7) is 6.88. The van der Waals surface area contributed by atoms with Crippen molar-refractivity contribution in [3.8, 4) is 12.0 Å². The van der Waals surface area contributed by atoms with E-state index < -0.39 is 17.4 Å². The second kappa shape index (κ2) is 17.1. The van der Waals surface area contributed by atoms with Crippen molar-refractivity contribution in [1.82, 2.24) is 0 Å². The van der Waals surface area contributed by atoms with Crippen LogP contribution in [0.4, 0.5) is 11.4 Å². The number of ketones is 1. The topological polar surface area (TPSA) is 162 Å². The number of carbonyl (C=O) groups excluding carboxylic acids is 5. The standard InChI is InChI=1S/C36H35N3O8/c1-5-36(20-46-35(44)29-12-24(2)13-30(18-29)38-22-40,11-10-31(42)14-27-9-7-26(4)33(16-27)47-21-37)19-45-34(43)17-28-8-6-25(3)32(15-28)39-23-41/h6-9,12-13,15-16,18H,5,10-11,14,17,19-20H2,1-4H3. The molecule has 0 amide bonds. The van der Waals surface area contributed by atoms with Crippen molar-refractivity contribution in [2.75, 3.05) is 13.2 Å². The zero-order valence-corrected chi connectivity index (χ0v) is 26.8. The number of benzene rings is 3. The lowest BCUT2D eigenvalue weighted by Gasteiger charge is -2.31. The van der Waals surface area contributed by atoms with E-state index >= 15 is 0 Å². The minimum Gasteiger partial charge on any atom is -0.465 e. The van der Waals surface area contributed by atoms with Crippen LogP contribution in [0.2, 0.25) is 0 Å². The molecule has 0 heterocycles. The fraction of sp³-hybridized carbons (Fsp3) is 0.333. The number of aryl methyl sites for hydroxylation is 3. The van der Waals surface area contributed by atoms with E-state index in [1.54, 1.807) is 75.6 Å². The molecule has 0 saturated heterocycles. The van der Waals surface area contributed by atoms with E-state index in [0.29, 0.717) is 34.5 Å². The number of hydrogen-bond acceptors (Lipinski definition) is 11. The highest BCUT2D eigenvalue weighted by molar-refractivity contribution is 5.90. The van der Waals surface area contributed by atoms with Gasteiger partial charge in [0.2, 0.25) is 12.2 Å². The average molecular weight is 638 g/mol. The van der Waals surface area contributed by atoms with E-state index in [0.717, 1.165) is 11.1 Å². The van der Waals surface area contributed by atoms with Crippen LogP contribution in [0, 0.1) is 37.7 Å². The molecule has 3 rings (SSSR count). The van der Waals surface area contributed by atoms with E-state index in [-0.39, 0.29) is 55.9 Å². The highest BCUT2D eigenvalue weighted by Gasteiger charge is 2.33. The minimum atomic E-state index is -0.906. The molecule has 0 spiro atoms. The Morgan fingerprint density at radius 1 is 0.830 bits per heavy atom. The second-order valence-electron chi connectivity index (χ2n) is 11.4. The first kappa shape index (κ1) is 35.8. The summed E-state index contributed by atoms with van der Waals surface area (Å²) in [6, 6.07) is 14.9. The number of ether oxygens (including phenoxy) is 3. The van der Waals surface area contributed by atoms with Crippen molar-refractivity contribution < 1.29 is 38.2 Å². The largest absolute Gasteiger partial charge is 0.465 e. The monoisotopic (exact) mass is 637 g/mol. The molecule has 0 radical (unpaired) electrons. The Morgan fingerprint density at radius 3 is 2.19 bits per heavy atom. The van der Waals surface area contributed by atoms with Crippen LogP contribution in [0.1, 0.15) is 64.4 Å². The molecule has 1 atom stereocenters. The molecule has 242 valence electrons. The summed E-state index contributed by atoms with van der Waals surface area (Å²) in [7, 11) is 0. The summed E-state index contributed by atoms with van der Waals surface area (Å²) in [4.78, 5) is 67.9. The Labute approximate surface area is 272 Å². The van der Waals surface area contributed by atoms with Gasteiger partial charge in [-0.25, -0.2) is 14.4 Å². The van der Waals surface area contributed by atoms with Crippen molar-refractivity contribution >= 4 is 41.3 Å². The summed E-state index contributed by atoms with van der Waals surface area (Å²) in [6.07, 6.45) is 5.34. The lowest BCUT2D eigenvalue weighted by atomic mass is 9.81. The number of Topliss-reactive ketones (excluding diaryl/α,β-unsaturated/α-hetero) is 1. The molecular weight excluding hydrogens is 602 g/mol. The van der Waals surface area contributed by atoms with Crippen molar-refractivity contribution in [1.29, 1.82) is 5.26 Å². The molecule has 0 aromatic heterocycles. The summed E-state index contributed by atoms with van der Waals surface area (Å²) >= 11 is 0. The Hall–Kier alpha value is -5.68. The summed E-state index contributed by atoms with van der Waals surface area (Å²) in [5.74, 6) is -0.953. The number of hydrogen-bond donors (Lipinski definition) is 0. The molecule has 47 heavy (non-hydrogen) atoms. The SMILES string of the molecule is CCC(CCC(=O)Cc1ccc(C)c(OC#N)c1)(COC(=O)Cc1ccc(C)c(N=C=O)c1)COC(=O)c1cc(C)cc(N=C=O)c1. The van der Waals surface area contributed by atoms with Gasteiger partial charge in [0.15, 0.2) is 0 Å². The first-order valence-electron chi connectivity index (χ1n) is 14.9. The molecule has 0 bridgehead atoms. The van der Waals surface area contributed by atoms with Gasteiger partial charge in [0.05, 0.1) is 23.4 Å². The van der Waals surface area contributed by atoms with Crippen LogP contribution < -0.4 is 4.74 Å². The smallest absolute Gasteiger partial charge is 0.338 e. The highest BCUT2D eigenvalue weighted by atomic mass is 16.5. The number of aliphatic imine (C=N–C) groups is 2. The van der Waals surface area contributed by atoms with Crippen LogP contribution in [0.3, 0.4) is 0 Å². The van der Waals surface area contributed by atoms with Gasteiger partial charge in [-0.2, -0.15) is 9.98 Å². The first-order valence-corrected chi connectivity index (χ1v) is 14.9. The van der Waals surface area contributed by atoms with E-state index in [4.69, 9.17) is 19.5 Å². The third-order valence-electron chi connectivity index (χ3n) is 7.80. The van der Waals surface area contributed by atoms with Crippen molar-refractivity contribution in [3.05, 3.63) is 88.0 Å². The predicted octanol–water partition coefficient (Wildman–Crippen LogP) is 6.34. The zero-order chi connectivity index (χ0) is 34.4. The fourth-order valence-electron chi connectivity index (χ4n) is 4.89. The van der Waals surface area contributed by atoms with Gasteiger partial charge in [0.1, 0.15) is 24.7 Å². The number of carbonyl (C=O) groups is 3. The van der Waals surface area contributed by atoms with Gasteiger partial charge in [0.25, 0.3) is 6.26 Å². The molecule has 0 aliphatic rings. The minimum absolute atomic E-state index is 0.0871. The molecule has 0 aliphatic heterocycles.